The van der Waals surface area contributed by atoms with Gasteiger partial charge in [-0.2, -0.15) is 8.42 Å². The van der Waals surface area contributed by atoms with Gasteiger partial charge < -0.3 is 4.57 Å². The third kappa shape index (κ3) is 16.9. The van der Waals surface area contributed by atoms with E-state index < -0.39 is 10.4 Å². The summed E-state index contributed by atoms with van der Waals surface area (Å²) in [4.78, 5) is 3.78. The van der Waals surface area contributed by atoms with Crippen LogP contribution in [-0.2, 0) is 17.4 Å². The van der Waals surface area contributed by atoms with Gasteiger partial charge in [0.1, 0.15) is 0 Å². The molecule has 0 spiro atoms. The molecule has 0 saturated heterocycles. The summed E-state index contributed by atoms with van der Waals surface area (Å²) in [7, 11) is -2.73. The average molecular weight is 258 g/mol. The SMILES string of the molecule is Cn1ccnc1.O=S(=O)(O)O.c1ccccc1. The molecule has 17 heavy (non-hydrogen) atoms. The highest BCUT2D eigenvalue weighted by atomic mass is 32.3. The summed E-state index contributed by atoms with van der Waals surface area (Å²) in [5.74, 6) is 0. The van der Waals surface area contributed by atoms with E-state index in [1.165, 1.54) is 0 Å². The summed E-state index contributed by atoms with van der Waals surface area (Å²) in [6.45, 7) is 0. The maximum atomic E-state index is 8.74. The third-order valence-corrected chi connectivity index (χ3v) is 1.30. The molecule has 1 aromatic heterocycles. The summed E-state index contributed by atoms with van der Waals surface area (Å²) in [6.07, 6.45) is 5.39. The highest BCUT2D eigenvalue weighted by Crippen LogP contribution is 1.79. The van der Waals surface area contributed by atoms with Gasteiger partial charge in [0.25, 0.3) is 0 Å². The summed E-state index contributed by atoms with van der Waals surface area (Å²) >= 11 is 0. The predicted octanol–water partition coefficient (Wildman–Crippen LogP) is 1.45. The second-order valence-electron chi connectivity index (χ2n) is 2.83. The van der Waals surface area contributed by atoms with Crippen molar-refractivity contribution >= 4 is 10.4 Å². The maximum Gasteiger partial charge on any atom is 0.394 e. The van der Waals surface area contributed by atoms with Crippen molar-refractivity contribution in [2.45, 2.75) is 0 Å². The van der Waals surface area contributed by atoms with Crippen molar-refractivity contribution in [2.75, 3.05) is 0 Å². The minimum atomic E-state index is -4.67. The Morgan fingerprint density at radius 2 is 1.35 bits per heavy atom. The van der Waals surface area contributed by atoms with Crippen molar-refractivity contribution < 1.29 is 17.5 Å². The number of hydrogen-bond donors (Lipinski definition) is 2. The second kappa shape index (κ2) is 8.45. The molecule has 6 nitrogen and oxygen atoms in total. The summed E-state index contributed by atoms with van der Waals surface area (Å²) < 4.78 is 33.5. The predicted molar refractivity (Wildman–Crippen MR) is 63.8 cm³/mol. The van der Waals surface area contributed by atoms with Gasteiger partial charge in [0.15, 0.2) is 0 Å². The second-order valence-corrected chi connectivity index (χ2v) is 3.73. The van der Waals surface area contributed by atoms with E-state index in [1.54, 1.807) is 12.5 Å². The van der Waals surface area contributed by atoms with Crippen molar-refractivity contribution in [3.8, 4) is 0 Å². The topological polar surface area (TPSA) is 92.4 Å². The van der Waals surface area contributed by atoms with Crippen LogP contribution in [0.25, 0.3) is 0 Å². The Kier molecular flexibility index (Phi) is 7.61. The van der Waals surface area contributed by atoms with Crippen LogP contribution in [0, 0.1) is 0 Å². The van der Waals surface area contributed by atoms with Crippen molar-refractivity contribution in [1.29, 1.82) is 0 Å². The van der Waals surface area contributed by atoms with Crippen molar-refractivity contribution in [2.24, 2.45) is 7.05 Å². The fourth-order valence-corrected chi connectivity index (χ4v) is 0.711. The van der Waals surface area contributed by atoms with E-state index in [1.807, 2.05) is 54.2 Å². The van der Waals surface area contributed by atoms with E-state index in [4.69, 9.17) is 17.5 Å². The molecular weight excluding hydrogens is 244 g/mol. The minimum absolute atomic E-state index is 1.75. The van der Waals surface area contributed by atoms with Crippen molar-refractivity contribution in [3.63, 3.8) is 0 Å². The van der Waals surface area contributed by atoms with Crippen LogP contribution < -0.4 is 0 Å². The van der Waals surface area contributed by atoms with Crippen LogP contribution in [0.2, 0.25) is 0 Å². The summed E-state index contributed by atoms with van der Waals surface area (Å²) in [6, 6.07) is 12.0. The van der Waals surface area contributed by atoms with Gasteiger partial charge in [-0.25, -0.2) is 4.98 Å². The lowest BCUT2D eigenvalue weighted by molar-refractivity contribution is 0.381. The van der Waals surface area contributed by atoms with E-state index >= 15 is 0 Å². The van der Waals surface area contributed by atoms with Gasteiger partial charge in [-0.05, 0) is 0 Å². The third-order valence-electron chi connectivity index (χ3n) is 1.30. The normalized spacial score (nSPS) is 9.35. The highest BCUT2D eigenvalue weighted by molar-refractivity contribution is 7.79. The fourth-order valence-electron chi connectivity index (χ4n) is 0.711. The number of hydrogen-bond acceptors (Lipinski definition) is 3. The Labute approximate surface area is 100 Å². The van der Waals surface area contributed by atoms with Gasteiger partial charge in [-0.3, -0.25) is 9.11 Å². The molecule has 94 valence electrons. The molecule has 0 aliphatic carbocycles. The number of benzene rings is 1. The van der Waals surface area contributed by atoms with Crippen molar-refractivity contribution in [1.82, 2.24) is 9.55 Å². The lowest BCUT2D eigenvalue weighted by Crippen LogP contribution is -1.89. The lowest BCUT2D eigenvalue weighted by atomic mass is 10.4. The first-order valence-corrected chi connectivity index (χ1v) is 5.91. The van der Waals surface area contributed by atoms with Gasteiger partial charge in [0.05, 0.1) is 6.33 Å². The van der Waals surface area contributed by atoms with Gasteiger partial charge in [-0.15, -0.1) is 0 Å². The standard InChI is InChI=1S/C6H6.C4H6N2.H2O4S/c1-2-4-6-5-3-1;1-6-3-2-5-4-6;1-5(2,3)4/h1-6H;2-4H,1H3;(H2,1,2,3,4). The molecule has 0 atom stereocenters. The molecule has 2 N–H and O–H groups in total. The van der Waals surface area contributed by atoms with Crippen LogP contribution in [0.5, 0.6) is 0 Å². The Balaban J connectivity index is 0.000000228. The van der Waals surface area contributed by atoms with Crippen LogP contribution in [0.1, 0.15) is 0 Å². The molecule has 0 radical (unpaired) electrons. The quantitative estimate of drug-likeness (QED) is 0.698. The minimum Gasteiger partial charge on any atom is -0.341 e. The zero-order chi connectivity index (χ0) is 13.1. The average Bonchev–Trinajstić information content (AvgIpc) is 2.70. The molecular formula is C10H14N2O4S. The number of aromatic nitrogens is 2. The van der Waals surface area contributed by atoms with Gasteiger partial charge in [0, 0.05) is 19.4 Å². The molecule has 0 saturated carbocycles. The van der Waals surface area contributed by atoms with E-state index in [0.717, 1.165) is 0 Å². The molecule has 0 amide bonds. The molecule has 7 heteroatoms. The lowest BCUT2D eigenvalue weighted by Gasteiger charge is -1.76. The number of rotatable bonds is 0. The van der Waals surface area contributed by atoms with Gasteiger partial charge in [-0.1, -0.05) is 36.4 Å². The van der Waals surface area contributed by atoms with E-state index in [2.05, 4.69) is 4.98 Å². The number of imidazole rings is 1. The smallest absolute Gasteiger partial charge is 0.341 e. The molecule has 0 fully saturated rings. The number of aryl methyl sites for hydroxylation is 1. The molecule has 0 unspecified atom stereocenters. The Hall–Kier alpha value is -1.70. The van der Waals surface area contributed by atoms with E-state index in [9.17, 15) is 0 Å². The molecule has 1 aromatic carbocycles. The van der Waals surface area contributed by atoms with Crippen LogP contribution in [0.3, 0.4) is 0 Å². The zero-order valence-electron chi connectivity index (χ0n) is 9.21. The van der Waals surface area contributed by atoms with E-state index in [0.29, 0.717) is 0 Å². The maximum absolute atomic E-state index is 8.74. The van der Waals surface area contributed by atoms with Crippen LogP contribution in [-0.4, -0.2) is 27.1 Å². The Morgan fingerprint density at radius 3 is 1.47 bits per heavy atom. The first-order chi connectivity index (χ1) is 7.89. The fraction of sp³-hybridized carbons (Fsp3) is 0.100. The van der Waals surface area contributed by atoms with Crippen LogP contribution >= 0.6 is 0 Å². The molecule has 0 bridgehead atoms. The molecule has 1 heterocycles. The van der Waals surface area contributed by atoms with Gasteiger partial charge >= 0.3 is 10.4 Å². The largest absolute Gasteiger partial charge is 0.394 e. The van der Waals surface area contributed by atoms with Gasteiger partial charge in [0.2, 0.25) is 0 Å². The summed E-state index contributed by atoms with van der Waals surface area (Å²) in [5, 5.41) is 0. The van der Waals surface area contributed by atoms with Crippen LogP contribution in [0.15, 0.2) is 55.1 Å². The Bertz CT molecular complexity index is 434. The molecule has 2 aromatic rings. The Morgan fingerprint density at radius 1 is 1.00 bits per heavy atom. The van der Waals surface area contributed by atoms with Crippen LogP contribution in [0.4, 0.5) is 0 Å². The van der Waals surface area contributed by atoms with Crippen molar-refractivity contribution in [3.05, 3.63) is 55.1 Å². The molecule has 0 aliphatic rings. The first kappa shape index (κ1) is 15.3. The molecule has 2 rings (SSSR count). The zero-order valence-corrected chi connectivity index (χ0v) is 10.0. The number of nitrogens with zero attached hydrogens (tertiary/aromatic N) is 2. The summed E-state index contributed by atoms with van der Waals surface area (Å²) in [5.41, 5.74) is 0. The first-order valence-electron chi connectivity index (χ1n) is 4.51. The highest BCUT2D eigenvalue weighted by Gasteiger charge is 1.84. The molecule has 0 aliphatic heterocycles. The van der Waals surface area contributed by atoms with E-state index in [-0.39, 0.29) is 0 Å². The monoisotopic (exact) mass is 258 g/mol.